The molecule has 1 aromatic carbocycles. The predicted molar refractivity (Wildman–Crippen MR) is 114 cm³/mol. The van der Waals surface area contributed by atoms with Gasteiger partial charge in [0.2, 0.25) is 11.8 Å². The summed E-state index contributed by atoms with van der Waals surface area (Å²) in [6, 6.07) is 10.0. The van der Waals surface area contributed by atoms with Gasteiger partial charge in [-0.2, -0.15) is 0 Å². The highest BCUT2D eigenvalue weighted by atomic mass is 32.2. The van der Waals surface area contributed by atoms with E-state index in [2.05, 4.69) is 15.2 Å². The molecule has 1 N–H and O–H groups in total. The average Bonchev–Trinajstić information content (AvgIpc) is 2.77. The summed E-state index contributed by atoms with van der Waals surface area (Å²) in [4.78, 5) is 33.6. The number of thioether (sulfide) groups is 1. The summed E-state index contributed by atoms with van der Waals surface area (Å²) >= 11 is 1.44. The second-order valence-corrected chi connectivity index (χ2v) is 8.87. The lowest BCUT2D eigenvalue weighted by Gasteiger charge is -2.38. The number of hydrogen-bond acceptors (Lipinski definition) is 5. The number of rotatable bonds is 5. The normalized spacial score (nSPS) is 22.6. The maximum atomic E-state index is 13.9. The summed E-state index contributed by atoms with van der Waals surface area (Å²) in [6.45, 7) is 3.76. The van der Waals surface area contributed by atoms with E-state index in [-0.39, 0.29) is 22.9 Å². The molecule has 2 atom stereocenters. The van der Waals surface area contributed by atoms with E-state index in [1.807, 2.05) is 17.0 Å². The van der Waals surface area contributed by atoms with E-state index < -0.39 is 6.04 Å². The number of hydrogen-bond donors (Lipinski definition) is 1. The second-order valence-electron chi connectivity index (χ2n) is 7.64. The molecule has 0 aliphatic carbocycles. The van der Waals surface area contributed by atoms with E-state index >= 15 is 0 Å². The standard InChI is InChI=1S/C22H25FN4O2S/c23-18-4-2-1-3-17(18)13-20-21(28)25-19(15-30-20)22(29)27-11-9-26(10-12-27)14-16-5-7-24-8-6-16/h1-8,19-20H,9-15H2,(H,25,28)/t19-,20+/m1/s1. The Hall–Kier alpha value is -2.45. The first-order valence-electron chi connectivity index (χ1n) is 10.2. The van der Waals surface area contributed by atoms with E-state index in [0.717, 1.165) is 19.6 Å². The molecule has 4 rings (SSSR count). The fourth-order valence-corrected chi connectivity index (χ4v) is 5.00. The maximum Gasteiger partial charge on any atom is 0.246 e. The first kappa shape index (κ1) is 20.8. The summed E-state index contributed by atoms with van der Waals surface area (Å²) in [7, 11) is 0. The van der Waals surface area contributed by atoms with Crippen LogP contribution in [0.15, 0.2) is 48.8 Å². The van der Waals surface area contributed by atoms with Crippen LogP contribution in [-0.2, 0) is 22.6 Å². The lowest BCUT2D eigenvalue weighted by molar-refractivity contribution is -0.137. The van der Waals surface area contributed by atoms with Crippen LogP contribution in [0.4, 0.5) is 4.39 Å². The molecule has 2 fully saturated rings. The monoisotopic (exact) mass is 428 g/mol. The van der Waals surface area contributed by atoms with E-state index in [4.69, 9.17) is 0 Å². The molecule has 30 heavy (non-hydrogen) atoms. The third kappa shape index (κ3) is 4.99. The summed E-state index contributed by atoms with van der Waals surface area (Å²) < 4.78 is 13.9. The molecule has 2 aliphatic rings. The number of piperazine rings is 1. The van der Waals surface area contributed by atoms with Crippen molar-refractivity contribution < 1.29 is 14.0 Å². The van der Waals surface area contributed by atoms with Crippen LogP contribution in [0.3, 0.4) is 0 Å². The third-order valence-corrected chi connectivity index (χ3v) is 6.88. The van der Waals surface area contributed by atoms with Crippen molar-refractivity contribution in [3.05, 3.63) is 65.7 Å². The molecule has 0 saturated carbocycles. The fraction of sp³-hybridized carbons (Fsp3) is 0.409. The van der Waals surface area contributed by atoms with Crippen LogP contribution in [0, 0.1) is 5.82 Å². The van der Waals surface area contributed by atoms with E-state index in [1.165, 1.54) is 23.4 Å². The molecule has 8 heteroatoms. The van der Waals surface area contributed by atoms with Crippen molar-refractivity contribution >= 4 is 23.6 Å². The van der Waals surface area contributed by atoms with Crippen molar-refractivity contribution in [3.8, 4) is 0 Å². The van der Waals surface area contributed by atoms with Gasteiger partial charge in [0.05, 0.1) is 5.25 Å². The summed E-state index contributed by atoms with van der Waals surface area (Å²) in [5.41, 5.74) is 1.74. The van der Waals surface area contributed by atoms with Crippen molar-refractivity contribution in [3.63, 3.8) is 0 Å². The number of pyridine rings is 1. The van der Waals surface area contributed by atoms with Gasteiger partial charge in [-0.15, -0.1) is 11.8 Å². The molecule has 3 heterocycles. The molecular formula is C22H25FN4O2S. The molecule has 2 aromatic rings. The highest BCUT2D eigenvalue weighted by Crippen LogP contribution is 2.24. The minimum atomic E-state index is -0.508. The van der Waals surface area contributed by atoms with Crippen molar-refractivity contribution in [1.29, 1.82) is 0 Å². The molecule has 0 unspecified atom stereocenters. The molecule has 2 amide bonds. The van der Waals surface area contributed by atoms with Gasteiger partial charge in [0.1, 0.15) is 11.9 Å². The van der Waals surface area contributed by atoms with Gasteiger partial charge in [0, 0.05) is 50.9 Å². The Balaban J connectivity index is 1.26. The third-order valence-electron chi connectivity index (χ3n) is 5.57. The topological polar surface area (TPSA) is 65.5 Å². The molecule has 0 bridgehead atoms. The highest BCUT2D eigenvalue weighted by molar-refractivity contribution is 8.00. The van der Waals surface area contributed by atoms with Crippen molar-refractivity contribution in [2.75, 3.05) is 31.9 Å². The zero-order valence-corrected chi connectivity index (χ0v) is 17.5. The quantitative estimate of drug-likeness (QED) is 0.786. The van der Waals surface area contributed by atoms with Crippen molar-refractivity contribution in [2.24, 2.45) is 0 Å². The summed E-state index contributed by atoms with van der Waals surface area (Å²) in [5, 5.41) is 2.49. The molecule has 1 aromatic heterocycles. The average molecular weight is 429 g/mol. The molecule has 2 saturated heterocycles. The number of aromatic nitrogens is 1. The second kappa shape index (κ2) is 9.57. The van der Waals surface area contributed by atoms with Gasteiger partial charge in [-0.1, -0.05) is 18.2 Å². The number of nitrogens with zero attached hydrogens (tertiary/aromatic N) is 3. The Bertz CT molecular complexity index is 890. The Kier molecular flexibility index (Phi) is 6.64. The number of carbonyl (C=O) groups excluding carboxylic acids is 2. The van der Waals surface area contributed by atoms with Crippen LogP contribution in [-0.4, -0.2) is 69.8 Å². The number of amides is 2. The SMILES string of the molecule is O=C1N[C@@H](C(=O)N2CCN(Cc3ccncc3)CC2)CS[C@H]1Cc1ccccc1F. The number of carbonyl (C=O) groups is 2. The van der Waals surface area contributed by atoms with Gasteiger partial charge in [0.15, 0.2) is 0 Å². The van der Waals surface area contributed by atoms with Crippen molar-refractivity contribution in [1.82, 2.24) is 20.1 Å². The zero-order valence-electron chi connectivity index (χ0n) is 16.7. The van der Waals surface area contributed by atoms with E-state index in [0.29, 0.717) is 30.8 Å². The number of nitrogens with one attached hydrogen (secondary N) is 1. The molecule has 158 valence electrons. The first-order valence-corrected chi connectivity index (χ1v) is 11.2. The van der Waals surface area contributed by atoms with Crippen LogP contribution >= 0.6 is 11.8 Å². The lowest BCUT2D eigenvalue weighted by Crippen LogP contribution is -2.58. The fourth-order valence-electron chi connectivity index (χ4n) is 3.84. The van der Waals surface area contributed by atoms with E-state index in [9.17, 15) is 14.0 Å². The number of halogens is 1. The van der Waals surface area contributed by atoms with Gasteiger partial charge in [-0.05, 0) is 35.7 Å². The van der Waals surface area contributed by atoms with Crippen LogP contribution in [0.2, 0.25) is 0 Å². The van der Waals surface area contributed by atoms with Gasteiger partial charge in [0.25, 0.3) is 0 Å². The van der Waals surface area contributed by atoms with Crippen LogP contribution in [0.25, 0.3) is 0 Å². The molecule has 2 aliphatic heterocycles. The molecule has 6 nitrogen and oxygen atoms in total. The molecule has 0 spiro atoms. The summed E-state index contributed by atoms with van der Waals surface area (Å²) in [6.07, 6.45) is 3.91. The highest BCUT2D eigenvalue weighted by Gasteiger charge is 2.35. The molecular weight excluding hydrogens is 403 g/mol. The smallest absolute Gasteiger partial charge is 0.246 e. The minimum absolute atomic E-state index is 0.0243. The van der Waals surface area contributed by atoms with Gasteiger partial charge < -0.3 is 10.2 Å². The van der Waals surface area contributed by atoms with Gasteiger partial charge in [-0.25, -0.2) is 4.39 Å². The largest absolute Gasteiger partial charge is 0.343 e. The summed E-state index contributed by atoms with van der Waals surface area (Å²) in [5.74, 6) is 0.00246. The first-order chi connectivity index (χ1) is 14.6. The van der Waals surface area contributed by atoms with Crippen LogP contribution in [0.5, 0.6) is 0 Å². The van der Waals surface area contributed by atoms with Crippen LogP contribution in [0.1, 0.15) is 11.1 Å². The minimum Gasteiger partial charge on any atom is -0.343 e. The van der Waals surface area contributed by atoms with Gasteiger partial charge >= 0.3 is 0 Å². The Morgan fingerprint density at radius 2 is 1.87 bits per heavy atom. The number of benzene rings is 1. The molecule has 0 radical (unpaired) electrons. The Morgan fingerprint density at radius 1 is 1.13 bits per heavy atom. The Labute approximate surface area is 179 Å². The van der Waals surface area contributed by atoms with Crippen LogP contribution < -0.4 is 5.32 Å². The van der Waals surface area contributed by atoms with Gasteiger partial charge in [-0.3, -0.25) is 19.5 Å². The van der Waals surface area contributed by atoms with E-state index in [1.54, 1.807) is 30.6 Å². The maximum absolute atomic E-state index is 13.9. The lowest BCUT2D eigenvalue weighted by atomic mass is 10.1. The Morgan fingerprint density at radius 3 is 2.57 bits per heavy atom. The zero-order chi connectivity index (χ0) is 20.9. The van der Waals surface area contributed by atoms with Crippen molar-refractivity contribution in [2.45, 2.75) is 24.3 Å². The predicted octanol–water partition coefficient (Wildman–Crippen LogP) is 1.71.